The first-order chi connectivity index (χ1) is 10.2. The Bertz CT molecular complexity index is 585. The number of hydrogen-bond donors (Lipinski definition) is 1. The van der Waals surface area contributed by atoms with Crippen LogP contribution in [0.3, 0.4) is 0 Å². The maximum absolute atomic E-state index is 5.77. The van der Waals surface area contributed by atoms with Gasteiger partial charge in [-0.25, -0.2) is 9.97 Å². The van der Waals surface area contributed by atoms with E-state index in [1.807, 2.05) is 30.3 Å². The van der Waals surface area contributed by atoms with Gasteiger partial charge in [-0.3, -0.25) is 0 Å². The van der Waals surface area contributed by atoms with Gasteiger partial charge < -0.3 is 15.4 Å². The highest BCUT2D eigenvalue weighted by atomic mass is 35.5. The van der Waals surface area contributed by atoms with Gasteiger partial charge in [0.25, 0.3) is 0 Å². The Labute approximate surface area is 137 Å². The fourth-order valence-corrected chi connectivity index (χ4v) is 2.15. The lowest BCUT2D eigenvalue weighted by Gasteiger charge is -2.20. The lowest BCUT2D eigenvalue weighted by molar-refractivity contribution is 0.415. The molecule has 1 aromatic carbocycles. The van der Waals surface area contributed by atoms with Crippen molar-refractivity contribution in [1.82, 2.24) is 9.97 Å². The highest BCUT2D eigenvalue weighted by Gasteiger charge is 2.10. The van der Waals surface area contributed by atoms with Gasteiger partial charge in [0.05, 0.1) is 18.5 Å². The molecule has 1 aromatic heterocycles. The SMILES string of the molecule is CCN(CC)c1nc(CN)cc(-c2ccc(OC)cc2)n1.Cl. The van der Waals surface area contributed by atoms with E-state index in [-0.39, 0.29) is 12.4 Å². The zero-order chi connectivity index (χ0) is 15.2. The van der Waals surface area contributed by atoms with Crippen LogP contribution >= 0.6 is 12.4 Å². The number of methoxy groups -OCH3 is 1. The second-order valence-corrected chi connectivity index (χ2v) is 4.65. The summed E-state index contributed by atoms with van der Waals surface area (Å²) in [5.41, 5.74) is 8.52. The minimum absolute atomic E-state index is 0. The van der Waals surface area contributed by atoms with E-state index in [1.54, 1.807) is 7.11 Å². The largest absolute Gasteiger partial charge is 0.497 e. The van der Waals surface area contributed by atoms with Crippen LogP contribution in [0.1, 0.15) is 19.5 Å². The first-order valence-electron chi connectivity index (χ1n) is 7.19. The molecule has 0 radical (unpaired) electrons. The summed E-state index contributed by atoms with van der Waals surface area (Å²) >= 11 is 0. The summed E-state index contributed by atoms with van der Waals surface area (Å²) in [6.07, 6.45) is 0. The summed E-state index contributed by atoms with van der Waals surface area (Å²) in [4.78, 5) is 11.3. The molecule has 0 unspecified atom stereocenters. The Kier molecular flexibility index (Phi) is 7.08. The van der Waals surface area contributed by atoms with Crippen molar-refractivity contribution in [3.05, 3.63) is 36.0 Å². The van der Waals surface area contributed by atoms with Crippen LogP contribution in [0.25, 0.3) is 11.3 Å². The van der Waals surface area contributed by atoms with E-state index < -0.39 is 0 Å². The molecule has 2 aromatic rings. The van der Waals surface area contributed by atoms with Crippen molar-refractivity contribution in [2.45, 2.75) is 20.4 Å². The van der Waals surface area contributed by atoms with Crippen molar-refractivity contribution in [2.75, 3.05) is 25.1 Å². The molecule has 1 heterocycles. The fraction of sp³-hybridized carbons (Fsp3) is 0.375. The number of ether oxygens (including phenoxy) is 1. The molecule has 22 heavy (non-hydrogen) atoms. The number of nitrogens with two attached hydrogens (primary N) is 1. The van der Waals surface area contributed by atoms with Crippen LogP contribution in [0.4, 0.5) is 5.95 Å². The van der Waals surface area contributed by atoms with Crippen LogP contribution in [0.2, 0.25) is 0 Å². The molecular formula is C16H23ClN4O. The average molecular weight is 323 g/mol. The second kappa shape index (κ2) is 8.56. The van der Waals surface area contributed by atoms with Crippen molar-refractivity contribution in [3.8, 4) is 17.0 Å². The zero-order valence-corrected chi connectivity index (χ0v) is 14.1. The topological polar surface area (TPSA) is 64.3 Å². The lowest BCUT2D eigenvalue weighted by Crippen LogP contribution is -2.25. The standard InChI is InChI=1S/C16H22N4O.ClH/c1-4-20(5-2)16-18-13(11-17)10-15(19-16)12-6-8-14(21-3)9-7-12;/h6-10H,4-5,11,17H2,1-3H3;1H. The van der Waals surface area contributed by atoms with Gasteiger partial charge in [0.2, 0.25) is 5.95 Å². The fourth-order valence-electron chi connectivity index (χ4n) is 2.15. The molecule has 2 N–H and O–H groups in total. The van der Waals surface area contributed by atoms with Crippen LogP contribution in [0.15, 0.2) is 30.3 Å². The molecule has 120 valence electrons. The maximum Gasteiger partial charge on any atom is 0.226 e. The number of halogens is 1. The van der Waals surface area contributed by atoms with Gasteiger partial charge in [0, 0.05) is 25.2 Å². The van der Waals surface area contributed by atoms with E-state index in [9.17, 15) is 0 Å². The molecule has 0 bridgehead atoms. The van der Waals surface area contributed by atoms with Gasteiger partial charge in [0.1, 0.15) is 5.75 Å². The Hall–Kier alpha value is -1.85. The minimum atomic E-state index is 0. The first-order valence-corrected chi connectivity index (χ1v) is 7.19. The summed E-state index contributed by atoms with van der Waals surface area (Å²) in [6.45, 7) is 6.32. The number of rotatable bonds is 6. The van der Waals surface area contributed by atoms with Crippen molar-refractivity contribution in [2.24, 2.45) is 5.73 Å². The zero-order valence-electron chi connectivity index (χ0n) is 13.2. The van der Waals surface area contributed by atoms with Gasteiger partial charge in [-0.05, 0) is 44.2 Å². The summed E-state index contributed by atoms with van der Waals surface area (Å²) in [6, 6.07) is 9.78. The average Bonchev–Trinajstić information content (AvgIpc) is 2.55. The van der Waals surface area contributed by atoms with Crippen LogP contribution < -0.4 is 15.4 Å². The van der Waals surface area contributed by atoms with Gasteiger partial charge >= 0.3 is 0 Å². The van der Waals surface area contributed by atoms with Gasteiger partial charge in [-0.15, -0.1) is 12.4 Å². The van der Waals surface area contributed by atoms with E-state index in [0.29, 0.717) is 6.54 Å². The van der Waals surface area contributed by atoms with Crippen molar-refractivity contribution in [1.29, 1.82) is 0 Å². The highest BCUT2D eigenvalue weighted by Crippen LogP contribution is 2.23. The Morgan fingerprint density at radius 2 is 1.73 bits per heavy atom. The van der Waals surface area contributed by atoms with E-state index in [2.05, 4.69) is 28.7 Å². The Balaban J connectivity index is 0.00000242. The molecule has 2 rings (SSSR count). The van der Waals surface area contributed by atoms with Gasteiger partial charge in [0.15, 0.2) is 0 Å². The normalized spacial score (nSPS) is 10.0. The molecule has 0 fully saturated rings. The lowest BCUT2D eigenvalue weighted by atomic mass is 10.1. The predicted octanol–water partition coefficient (Wildman–Crippen LogP) is 2.88. The summed E-state index contributed by atoms with van der Waals surface area (Å²) in [5.74, 6) is 1.56. The molecule has 0 aliphatic carbocycles. The van der Waals surface area contributed by atoms with E-state index in [1.165, 1.54) is 0 Å². The van der Waals surface area contributed by atoms with Crippen molar-refractivity contribution >= 4 is 18.4 Å². The van der Waals surface area contributed by atoms with Gasteiger partial charge in [-0.2, -0.15) is 0 Å². The smallest absolute Gasteiger partial charge is 0.226 e. The van der Waals surface area contributed by atoms with Crippen molar-refractivity contribution < 1.29 is 4.74 Å². The first kappa shape index (κ1) is 18.2. The number of nitrogens with zero attached hydrogens (tertiary/aromatic N) is 3. The summed E-state index contributed by atoms with van der Waals surface area (Å²) in [7, 11) is 1.66. The molecule has 0 saturated carbocycles. The Morgan fingerprint density at radius 3 is 2.23 bits per heavy atom. The molecule has 0 amide bonds. The number of hydrogen-bond acceptors (Lipinski definition) is 5. The third-order valence-electron chi connectivity index (χ3n) is 3.41. The number of aromatic nitrogens is 2. The number of benzene rings is 1. The maximum atomic E-state index is 5.77. The summed E-state index contributed by atoms with van der Waals surface area (Å²) < 4.78 is 5.19. The molecule has 0 aliphatic heterocycles. The van der Waals surface area contributed by atoms with E-state index in [0.717, 1.165) is 41.7 Å². The summed E-state index contributed by atoms with van der Waals surface area (Å²) in [5, 5.41) is 0. The van der Waals surface area contributed by atoms with Crippen LogP contribution in [-0.4, -0.2) is 30.2 Å². The second-order valence-electron chi connectivity index (χ2n) is 4.65. The molecule has 0 aliphatic rings. The molecule has 6 heteroatoms. The molecular weight excluding hydrogens is 300 g/mol. The molecule has 0 spiro atoms. The van der Waals surface area contributed by atoms with Crippen LogP contribution in [0.5, 0.6) is 5.75 Å². The minimum Gasteiger partial charge on any atom is -0.497 e. The van der Waals surface area contributed by atoms with Crippen LogP contribution in [-0.2, 0) is 6.54 Å². The predicted molar refractivity (Wildman–Crippen MR) is 92.7 cm³/mol. The number of anilines is 1. The Morgan fingerprint density at radius 1 is 1.09 bits per heavy atom. The molecule has 5 nitrogen and oxygen atoms in total. The molecule has 0 atom stereocenters. The van der Waals surface area contributed by atoms with E-state index in [4.69, 9.17) is 10.5 Å². The van der Waals surface area contributed by atoms with Crippen molar-refractivity contribution in [3.63, 3.8) is 0 Å². The van der Waals surface area contributed by atoms with Crippen LogP contribution in [0, 0.1) is 0 Å². The highest BCUT2D eigenvalue weighted by molar-refractivity contribution is 5.85. The van der Waals surface area contributed by atoms with E-state index >= 15 is 0 Å². The quantitative estimate of drug-likeness (QED) is 0.886. The monoisotopic (exact) mass is 322 g/mol. The van der Waals surface area contributed by atoms with Gasteiger partial charge in [-0.1, -0.05) is 0 Å². The molecule has 0 saturated heterocycles. The third-order valence-corrected chi connectivity index (χ3v) is 3.41. The third kappa shape index (κ3) is 4.08.